The Hall–Kier alpha value is -6.37. The van der Waals surface area contributed by atoms with Gasteiger partial charge in [0.1, 0.15) is 23.8 Å². The molecule has 1 saturated heterocycles. The lowest BCUT2D eigenvalue weighted by atomic mass is 9.72. The molecule has 0 bridgehead atoms. The second-order valence-corrected chi connectivity index (χ2v) is 18.5. The number of nitro groups is 1. The average Bonchev–Trinajstić information content (AvgIpc) is 3.71. The van der Waals surface area contributed by atoms with Crippen molar-refractivity contribution < 1.29 is 37.5 Å². The first-order valence-electron chi connectivity index (χ1n) is 20.1. The molecule has 0 saturated carbocycles. The highest BCUT2D eigenvalue weighted by atomic mass is 35.5. The number of pyridine rings is 1. The Kier molecular flexibility index (Phi) is 11.7. The topological polar surface area (TPSA) is 221 Å². The van der Waals surface area contributed by atoms with Crippen molar-refractivity contribution in [3.05, 3.63) is 111 Å². The van der Waals surface area contributed by atoms with E-state index in [0.29, 0.717) is 29.5 Å². The van der Waals surface area contributed by atoms with Crippen LogP contribution in [0.3, 0.4) is 0 Å². The van der Waals surface area contributed by atoms with Crippen LogP contribution >= 0.6 is 11.6 Å². The number of H-pyrrole nitrogens is 1. The van der Waals surface area contributed by atoms with Crippen molar-refractivity contribution in [2.45, 2.75) is 44.0 Å². The molecule has 19 heteroatoms. The smallest absolute Gasteiger partial charge is 0.404 e. The van der Waals surface area contributed by atoms with Crippen LogP contribution in [0.25, 0.3) is 16.6 Å². The van der Waals surface area contributed by atoms with Gasteiger partial charge in [0, 0.05) is 79.8 Å². The monoisotopic (exact) mass is 884 g/mol. The summed E-state index contributed by atoms with van der Waals surface area (Å²) in [6, 6.07) is 17.8. The minimum Gasteiger partial charge on any atom is -0.489 e. The molecule has 0 unspecified atom stereocenters. The number of carboxylic acid groups (broad SMARTS) is 1. The van der Waals surface area contributed by atoms with Crippen molar-refractivity contribution in [3.8, 4) is 17.2 Å². The summed E-state index contributed by atoms with van der Waals surface area (Å²) < 4.78 is 41.5. The number of rotatable bonds is 12. The van der Waals surface area contributed by atoms with Gasteiger partial charge < -0.3 is 35.1 Å². The molecule has 3 aliphatic rings. The van der Waals surface area contributed by atoms with E-state index in [1.165, 1.54) is 29.0 Å². The van der Waals surface area contributed by atoms with Crippen molar-refractivity contribution in [3.63, 3.8) is 0 Å². The number of nitrogens with zero attached hydrogens (tertiary/aromatic N) is 4. The molecule has 324 valence electrons. The van der Waals surface area contributed by atoms with E-state index in [2.05, 4.69) is 56.4 Å². The third-order valence-electron chi connectivity index (χ3n) is 11.4. The largest absolute Gasteiger partial charge is 0.489 e. The summed E-state index contributed by atoms with van der Waals surface area (Å²) in [5, 5.41) is 27.5. The number of carbonyl (C=O) groups excluding carboxylic acids is 1. The number of fused-ring (bicyclic) bond motifs is 2. The number of ether oxygens (including phenoxy) is 2. The molecule has 62 heavy (non-hydrogen) atoms. The number of carbonyl (C=O) groups is 2. The number of nitrogens with one attached hydrogen (secondary N) is 4. The third kappa shape index (κ3) is 9.41. The number of hydrogen-bond donors (Lipinski definition) is 5. The van der Waals surface area contributed by atoms with Crippen LogP contribution in [0.15, 0.2) is 89.6 Å². The van der Waals surface area contributed by atoms with E-state index < -0.39 is 43.6 Å². The van der Waals surface area contributed by atoms with E-state index in [1.54, 1.807) is 24.4 Å². The summed E-state index contributed by atoms with van der Waals surface area (Å²) >= 11 is 6.23. The van der Waals surface area contributed by atoms with E-state index in [0.717, 1.165) is 62.1 Å². The molecule has 0 radical (unpaired) electrons. The molecule has 2 amide bonds. The van der Waals surface area contributed by atoms with Crippen LogP contribution in [0.5, 0.6) is 17.2 Å². The molecule has 3 aromatic carbocycles. The molecule has 8 rings (SSSR count). The van der Waals surface area contributed by atoms with Gasteiger partial charge in [-0.1, -0.05) is 43.2 Å². The predicted molar refractivity (Wildman–Crippen MR) is 234 cm³/mol. The molecule has 1 aliphatic carbocycles. The third-order valence-corrected chi connectivity index (χ3v) is 13.0. The second-order valence-electron chi connectivity index (χ2n) is 16.4. The molecular weight excluding hydrogens is 840 g/mol. The molecule has 4 heterocycles. The predicted octanol–water partition coefficient (Wildman–Crippen LogP) is 7.26. The Morgan fingerprint density at radius 1 is 1.08 bits per heavy atom. The normalized spacial score (nSPS) is 17.7. The Labute approximate surface area is 362 Å². The fourth-order valence-electron chi connectivity index (χ4n) is 8.11. The van der Waals surface area contributed by atoms with Gasteiger partial charge in [0.15, 0.2) is 11.4 Å². The first-order valence-corrected chi connectivity index (χ1v) is 21.9. The lowest BCUT2D eigenvalue weighted by Gasteiger charge is -2.39. The Balaban J connectivity index is 1.02. The molecule has 5 aromatic rings. The number of hydrogen-bond acceptors (Lipinski definition) is 12. The van der Waals surface area contributed by atoms with Gasteiger partial charge >= 0.3 is 6.09 Å². The van der Waals surface area contributed by atoms with Crippen LogP contribution < -0.4 is 29.7 Å². The van der Waals surface area contributed by atoms with Gasteiger partial charge in [0.25, 0.3) is 21.6 Å². The van der Waals surface area contributed by atoms with Crippen LogP contribution in [-0.4, -0.2) is 97.2 Å². The fraction of sp³-hybridized carbons (Fsp3) is 0.326. The first kappa shape index (κ1) is 42.3. The molecule has 17 nitrogen and oxygen atoms in total. The molecule has 2 aliphatic heterocycles. The highest BCUT2D eigenvalue weighted by Crippen LogP contribution is 2.44. The number of piperazine rings is 1. The summed E-state index contributed by atoms with van der Waals surface area (Å²) in [6.45, 7) is 8.21. The van der Waals surface area contributed by atoms with E-state index in [-0.39, 0.29) is 41.3 Å². The van der Waals surface area contributed by atoms with Gasteiger partial charge in [-0.25, -0.2) is 22.9 Å². The van der Waals surface area contributed by atoms with Gasteiger partial charge in [0.05, 0.1) is 27.6 Å². The quantitative estimate of drug-likeness (QED) is 0.0616. The number of benzene rings is 3. The highest BCUT2D eigenvalue weighted by Gasteiger charge is 2.33. The number of aromatic nitrogens is 2. The van der Waals surface area contributed by atoms with Crippen LogP contribution in [0.2, 0.25) is 5.02 Å². The zero-order chi connectivity index (χ0) is 43.8. The summed E-state index contributed by atoms with van der Waals surface area (Å²) in [5.41, 5.74) is 4.78. The minimum atomic E-state index is -4.72. The Bertz CT molecular complexity index is 2700. The van der Waals surface area contributed by atoms with Crippen LogP contribution in [0.1, 0.15) is 49.0 Å². The fourth-order valence-corrected chi connectivity index (χ4v) is 9.23. The van der Waals surface area contributed by atoms with E-state index >= 15 is 0 Å². The summed E-state index contributed by atoms with van der Waals surface area (Å²) in [5.74, 6) is -0.807. The molecule has 0 spiro atoms. The standard InChI is InChI=1S/C43H45ClN8O9S/c1-43(2)11-9-28(35(21-43)26-3-5-29(44)6-4-26)24-50-13-15-51(16-14-50)31-7-8-34(37(18-31)61-32-17-27-10-12-45-40(27)46-23-32)41(53)49-62(58,59)33-19-36(52(56)57)39-38(20-33)60-25-30(48-39)22-47-42(54)55/h3-8,10,12,17-20,23,30,47-48H,9,11,13-16,21-22,24-25H2,1-2H3,(H,45,46)(H,49,53)(H,54,55)/t30-/m0/s1. The Morgan fingerprint density at radius 2 is 1.85 bits per heavy atom. The maximum Gasteiger partial charge on any atom is 0.404 e. The SMILES string of the molecule is CC1(C)CCC(CN2CCN(c3ccc(C(=O)NS(=O)(=O)c4cc5c(c([N+](=O)[O-])c4)N[C@@H](CNC(=O)O)CO5)c(Oc4cnc5[nH]ccc5c4)c3)CC2)=C(c2ccc(Cl)cc2)C1. The van der Waals surface area contributed by atoms with E-state index in [9.17, 15) is 28.1 Å². The number of halogens is 1. The maximum absolute atomic E-state index is 13.9. The van der Waals surface area contributed by atoms with Crippen LogP contribution in [-0.2, 0) is 10.0 Å². The average molecular weight is 885 g/mol. The summed E-state index contributed by atoms with van der Waals surface area (Å²) in [6.07, 6.45) is 5.07. The van der Waals surface area contributed by atoms with Crippen molar-refractivity contribution in [1.29, 1.82) is 0 Å². The van der Waals surface area contributed by atoms with Crippen molar-refractivity contribution >= 4 is 67.3 Å². The van der Waals surface area contributed by atoms with Gasteiger partial charge in [-0.3, -0.25) is 19.8 Å². The Morgan fingerprint density at radius 3 is 2.60 bits per heavy atom. The number of aromatic amines is 1. The number of nitro benzene ring substituents is 1. The zero-order valence-corrected chi connectivity index (χ0v) is 35.5. The number of allylic oxidation sites excluding steroid dienone is 1. The minimum absolute atomic E-state index is 0.0712. The van der Waals surface area contributed by atoms with E-state index in [4.69, 9.17) is 26.2 Å². The van der Waals surface area contributed by atoms with Crippen molar-refractivity contribution in [1.82, 2.24) is 24.9 Å². The molecule has 2 aromatic heterocycles. The van der Waals surface area contributed by atoms with E-state index in [1.807, 2.05) is 22.9 Å². The molecular formula is C43H45ClN8O9S. The second kappa shape index (κ2) is 17.2. The lowest BCUT2D eigenvalue weighted by molar-refractivity contribution is -0.384. The number of sulfonamides is 1. The zero-order valence-electron chi connectivity index (χ0n) is 33.9. The van der Waals surface area contributed by atoms with Gasteiger partial charge in [-0.2, -0.15) is 0 Å². The summed E-state index contributed by atoms with van der Waals surface area (Å²) in [4.78, 5) is 47.7. The number of anilines is 2. The molecule has 1 atom stereocenters. The van der Waals surface area contributed by atoms with Crippen LogP contribution in [0, 0.1) is 15.5 Å². The number of amides is 2. The van der Waals surface area contributed by atoms with Gasteiger partial charge in [-0.05, 0) is 72.2 Å². The highest BCUT2D eigenvalue weighted by molar-refractivity contribution is 7.90. The first-order chi connectivity index (χ1) is 29.6. The molecule has 5 N–H and O–H groups in total. The van der Waals surface area contributed by atoms with Crippen molar-refractivity contribution in [2.24, 2.45) is 5.41 Å². The summed E-state index contributed by atoms with van der Waals surface area (Å²) in [7, 11) is -4.72. The van der Waals surface area contributed by atoms with Gasteiger partial charge in [-0.15, -0.1) is 0 Å². The lowest BCUT2D eigenvalue weighted by Crippen LogP contribution is -2.47. The maximum atomic E-state index is 13.9. The van der Waals surface area contributed by atoms with Crippen LogP contribution in [0.4, 0.5) is 21.9 Å². The van der Waals surface area contributed by atoms with Crippen molar-refractivity contribution in [2.75, 3.05) is 56.1 Å². The van der Waals surface area contributed by atoms with Gasteiger partial charge in [0.2, 0.25) is 0 Å². The molecule has 1 fully saturated rings.